The van der Waals surface area contributed by atoms with E-state index in [4.69, 9.17) is 11.6 Å². The summed E-state index contributed by atoms with van der Waals surface area (Å²) < 4.78 is 40.0. The van der Waals surface area contributed by atoms with Crippen LogP contribution >= 0.6 is 11.6 Å². The predicted octanol–water partition coefficient (Wildman–Crippen LogP) is 4.35. The number of hydrogen-bond acceptors (Lipinski definition) is 5. The lowest BCUT2D eigenvalue weighted by atomic mass is 10.1. The van der Waals surface area contributed by atoms with Crippen LogP contribution in [-0.2, 0) is 22.3 Å². The molecule has 3 rings (SSSR count). The number of rotatable bonds is 6. The van der Waals surface area contributed by atoms with E-state index >= 15 is 0 Å². The van der Waals surface area contributed by atoms with E-state index in [0.717, 1.165) is 21.8 Å². The minimum Gasteiger partial charge on any atom is -0.350 e. The summed E-state index contributed by atoms with van der Waals surface area (Å²) in [5.41, 5.74) is -1.03. The molecule has 0 radical (unpaired) electrons. The van der Waals surface area contributed by atoms with Gasteiger partial charge in [-0.25, -0.2) is 0 Å². The van der Waals surface area contributed by atoms with Crippen LogP contribution in [0.3, 0.4) is 0 Å². The molecule has 35 heavy (non-hydrogen) atoms. The van der Waals surface area contributed by atoms with Crippen LogP contribution in [-0.4, -0.2) is 43.6 Å². The summed E-state index contributed by atoms with van der Waals surface area (Å²) in [6.45, 7) is 6.25. The summed E-state index contributed by atoms with van der Waals surface area (Å²) in [4.78, 5) is 28.2. The number of benzene rings is 2. The molecule has 1 N–H and O–H groups in total. The van der Waals surface area contributed by atoms with Gasteiger partial charge < -0.3 is 5.32 Å². The highest BCUT2D eigenvalue weighted by Crippen LogP contribution is 2.32. The fourth-order valence-corrected chi connectivity index (χ4v) is 3.35. The van der Waals surface area contributed by atoms with Crippen molar-refractivity contribution in [2.75, 3.05) is 4.90 Å². The van der Waals surface area contributed by atoms with Gasteiger partial charge in [-0.05, 0) is 75.4 Å². The maximum Gasteiger partial charge on any atom is 0.416 e. The van der Waals surface area contributed by atoms with Crippen molar-refractivity contribution in [1.29, 1.82) is 0 Å². The van der Waals surface area contributed by atoms with Gasteiger partial charge in [-0.3, -0.25) is 14.5 Å². The topological polar surface area (TPSA) is 93.0 Å². The number of amides is 2. The van der Waals surface area contributed by atoms with Gasteiger partial charge in [-0.2, -0.15) is 18.0 Å². The molecule has 3 aromatic rings. The van der Waals surface area contributed by atoms with E-state index in [1.54, 1.807) is 45.0 Å². The van der Waals surface area contributed by atoms with E-state index in [9.17, 15) is 22.8 Å². The Labute approximate surface area is 205 Å². The van der Waals surface area contributed by atoms with Crippen molar-refractivity contribution in [2.24, 2.45) is 0 Å². The zero-order valence-electron chi connectivity index (χ0n) is 19.5. The lowest BCUT2D eigenvalue weighted by Gasteiger charge is -2.31. The first-order chi connectivity index (χ1) is 16.2. The summed E-state index contributed by atoms with van der Waals surface area (Å²) in [6, 6.07) is 9.77. The first kappa shape index (κ1) is 26.1. The van der Waals surface area contributed by atoms with Crippen molar-refractivity contribution in [3.05, 3.63) is 59.1 Å². The third-order valence-electron chi connectivity index (χ3n) is 4.82. The predicted molar refractivity (Wildman–Crippen MR) is 125 cm³/mol. The molecule has 8 nitrogen and oxygen atoms in total. The Bertz CT molecular complexity index is 1200. The largest absolute Gasteiger partial charge is 0.416 e. The van der Waals surface area contributed by atoms with Crippen LogP contribution in [0.1, 0.15) is 33.3 Å². The van der Waals surface area contributed by atoms with Crippen molar-refractivity contribution in [1.82, 2.24) is 25.5 Å². The highest BCUT2D eigenvalue weighted by Gasteiger charge is 2.34. The zero-order valence-corrected chi connectivity index (χ0v) is 20.2. The Morgan fingerprint density at radius 1 is 1.11 bits per heavy atom. The van der Waals surface area contributed by atoms with Gasteiger partial charge in [0.05, 0.1) is 5.56 Å². The van der Waals surface area contributed by atoms with Gasteiger partial charge in [-0.1, -0.05) is 17.7 Å². The van der Waals surface area contributed by atoms with Crippen LogP contribution in [0.25, 0.3) is 11.4 Å². The van der Waals surface area contributed by atoms with Gasteiger partial charge in [0.1, 0.15) is 12.6 Å². The zero-order chi connectivity index (χ0) is 26.0. The smallest absolute Gasteiger partial charge is 0.350 e. The molecular formula is C23H24ClF3N6O2. The molecule has 0 fully saturated rings. The second kappa shape index (κ2) is 10.0. The molecule has 2 aromatic carbocycles. The summed E-state index contributed by atoms with van der Waals surface area (Å²) >= 11 is 5.89. The molecule has 1 heterocycles. The number of halogens is 4. The van der Waals surface area contributed by atoms with Gasteiger partial charge in [0.15, 0.2) is 0 Å². The number of nitrogens with zero attached hydrogens (tertiary/aromatic N) is 5. The van der Waals surface area contributed by atoms with Crippen LogP contribution < -0.4 is 10.2 Å². The van der Waals surface area contributed by atoms with Crippen molar-refractivity contribution in [2.45, 2.75) is 52.0 Å². The number of nitrogens with one attached hydrogen (secondary N) is 1. The van der Waals surface area contributed by atoms with Gasteiger partial charge in [-0.15, -0.1) is 10.2 Å². The lowest BCUT2D eigenvalue weighted by Crippen LogP contribution is -2.53. The molecule has 1 unspecified atom stereocenters. The molecule has 0 saturated heterocycles. The molecule has 0 spiro atoms. The molecule has 0 saturated carbocycles. The molecule has 0 aliphatic heterocycles. The van der Waals surface area contributed by atoms with Crippen LogP contribution in [0.4, 0.5) is 18.9 Å². The maximum atomic E-state index is 13.3. The second-order valence-electron chi connectivity index (χ2n) is 8.88. The third-order valence-corrected chi connectivity index (χ3v) is 5.07. The second-order valence-corrected chi connectivity index (χ2v) is 9.31. The molecule has 12 heteroatoms. The SMILES string of the molecule is CC(C(=O)NC(C)(C)C)N(C(=O)Cn1nnc(-c2ccc(Cl)cc2)n1)c1cccc(C(F)(F)F)c1. The molecule has 0 bridgehead atoms. The molecule has 1 atom stereocenters. The Balaban J connectivity index is 1.92. The Morgan fingerprint density at radius 3 is 2.37 bits per heavy atom. The first-order valence-corrected chi connectivity index (χ1v) is 11.0. The summed E-state index contributed by atoms with van der Waals surface area (Å²) in [5, 5.41) is 15.2. The van der Waals surface area contributed by atoms with Gasteiger partial charge >= 0.3 is 6.18 Å². The van der Waals surface area contributed by atoms with E-state index in [0.29, 0.717) is 10.6 Å². The Morgan fingerprint density at radius 2 is 1.77 bits per heavy atom. The highest BCUT2D eigenvalue weighted by atomic mass is 35.5. The maximum absolute atomic E-state index is 13.3. The van der Waals surface area contributed by atoms with Crippen molar-refractivity contribution < 1.29 is 22.8 Å². The number of hydrogen-bond donors (Lipinski definition) is 1. The fraction of sp³-hybridized carbons (Fsp3) is 0.348. The monoisotopic (exact) mass is 508 g/mol. The number of anilines is 1. The normalized spacial score (nSPS) is 12.8. The third kappa shape index (κ3) is 6.78. The number of aromatic nitrogens is 4. The van der Waals surface area contributed by atoms with Crippen LogP contribution in [0.2, 0.25) is 5.02 Å². The summed E-state index contributed by atoms with van der Waals surface area (Å²) in [6.07, 6.45) is -4.62. The van der Waals surface area contributed by atoms with Crippen molar-refractivity contribution >= 4 is 29.1 Å². The first-order valence-electron chi connectivity index (χ1n) is 10.6. The minimum absolute atomic E-state index is 0.0839. The van der Waals surface area contributed by atoms with Crippen LogP contribution in [0, 0.1) is 0 Å². The minimum atomic E-state index is -4.62. The van der Waals surface area contributed by atoms with E-state index < -0.39 is 41.7 Å². The number of carbonyl (C=O) groups is 2. The fourth-order valence-electron chi connectivity index (χ4n) is 3.23. The number of tetrazole rings is 1. The van der Waals surface area contributed by atoms with Gasteiger partial charge in [0.2, 0.25) is 11.7 Å². The molecule has 0 aliphatic rings. The number of carbonyl (C=O) groups excluding carboxylic acids is 2. The Kier molecular flexibility index (Phi) is 7.49. The molecule has 0 aliphatic carbocycles. The quantitative estimate of drug-likeness (QED) is 0.534. The van der Waals surface area contributed by atoms with Crippen molar-refractivity contribution in [3.63, 3.8) is 0 Å². The van der Waals surface area contributed by atoms with Gasteiger partial charge in [0.25, 0.3) is 5.91 Å². The van der Waals surface area contributed by atoms with E-state index in [1.165, 1.54) is 19.1 Å². The molecule has 2 amide bonds. The van der Waals surface area contributed by atoms with Crippen LogP contribution in [0.15, 0.2) is 48.5 Å². The Hall–Kier alpha value is -3.47. The number of alkyl halides is 3. The van der Waals surface area contributed by atoms with E-state index in [2.05, 4.69) is 20.7 Å². The average molecular weight is 509 g/mol. The summed E-state index contributed by atoms with van der Waals surface area (Å²) in [5.74, 6) is -0.990. The van der Waals surface area contributed by atoms with E-state index in [-0.39, 0.29) is 11.5 Å². The van der Waals surface area contributed by atoms with Gasteiger partial charge in [0, 0.05) is 21.8 Å². The standard InChI is InChI=1S/C23H24ClF3N6O2/c1-14(21(35)28-22(2,3)4)33(18-7-5-6-16(12-18)23(25,26)27)19(34)13-32-30-20(29-31-32)15-8-10-17(24)11-9-15/h5-12,14H,13H2,1-4H3,(H,28,35). The molecular weight excluding hydrogens is 485 g/mol. The molecule has 1 aromatic heterocycles. The molecule has 186 valence electrons. The average Bonchev–Trinajstić information content (AvgIpc) is 3.21. The van der Waals surface area contributed by atoms with E-state index in [1.807, 2.05) is 0 Å². The lowest BCUT2D eigenvalue weighted by molar-refractivity contribution is -0.137. The highest BCUT2D eigenvalue weighted by molar-refractivity contribution is 6.30. The summed E-state index contributed by atoms with van der Waals surface area (Å²) in [7, 11) is 0. The van der Waals surface area contributed by atoms with Crippen molar-refractivity contribution in [3.8, 4) is 11.4 Å². The van der Waals surface area contributed by atoms with Crippen LogP contribution in [0.5, 0.6) is 0 Å².